The first-order chi connectivity index (χ1) is 8.52. The molecule has 0 radical (unpaired) electrons. The van der Waals surface area contributed by atoms with Gasteiger partial charge in [-0.15, -0.1) is 0 Å². The molecule has 1 aliphatic rings. The molecule has 1 saturated heterocycles. The van der Waals surface area contributed by atoms with Gasteiger partial charge in [0, 0.05) is 30.0 Å². The van der Waals surface area contributed by atoms with Crippen molar-refractivity contribution < 1.29 is 9.72 Å². The number of nitro benzene ring substituents is 1. The van der Waals surface area contributed by atoms with E-state index in [0.29, 0.717) is 29.0 Å². The number of nitro groups is 1. The fraction of sp³-hybridized carbons (Fsp3) is 0.364. The highest BCUT2D eigenvalue weighted by Gasteiger charge is 2.30. The molecule has 1 aliphatic heterocycles. The summed E-state index contributed by atoms with van der Waals surface area (Å²) in [6.45, 7) is 0.647. The summed E-state index contributed by atoms with van der Waals surface area (Å²) in [6, 6.07) is 4.64. The molecule has 0 N–H and O–H groups in total. The number of carbonyl (C=O) groups excluding carboxylic acids is 1. The van der Waals surface area contributed by atoms with E-state index in [-0.39, 0.29) is 11.6 Å². The van der Waals surface area contributed by atoms with E-state index in [2.05, 4.69) is 31.9 Å². The topological polar surface area (TPSA) is 63.5 Å². The lowest BCUT2D eigenvalue weighted by molar-refractivity contribution is -0.385. The first kappa shape index (κ1) is 13.5. The summed E-state index contributed by atoms with van der Waals surface area (Å²) >= 11 is 6.53. The van der Waals surface area contributed by atoms with E-state index < -0.39 is 4.92 Å². The Balaban J connectivity index is 2.27. The molecule has 1 amide bonds. The summed E-state index contributed by atoms with van der Waals surface area (Å²) in [7, 11) is 0. The maximum atomic E-state index is 11.8. The Morgan fingerprint density at radius 3 is 2.72 bits per heavy atom. The van der Waals surface area contributed by atoms with E-state index in [4.69, 9.17) is 0 Å². The molecule has 0 saturated carbocycles. The lowest BCUT2D eigenvalue weighted by atomic mass is 10.2. The van der Waals surface area contributed by atoms with Crippen molar-refractivity contribution in [1.82, 2.24) is 0 Å². The highest BCUT2D eigenvalue weighted by atomic mass is 79.9. The Morgan fingerprint density at radius 1 is 1.50 bits per heavy atom. The molecule has 0 spiro atoms. The van der Waals surface area contributed by atoms with Crippen LogP contribution < -0.4 is 4.90 Å². The van der Waals surface area contributed by atoms with E-state index >= 15 is 0 Å². The highest BCUT2D eigenvalue weighted by Crippen LogP contribution is 2.32. The zero-order valence-corrected chi connectivity index (χ0v) is 12.5. The van der Waals surface area contributed by atoms with E-state index in [9.17, 15) is 14.9 Å². The molecule has 0 bridgehead atoms. The minimum absolute atomic E-state index is 0.00226. The van der Waals surface area contributed by atoms with Gasteiger partial charge >= 0.3 is 0 Å². The molecule has 0 aromatic heterocycles. The maximum Gasteiger partial charge on any atom is 0.283 e. The summed E-state index contributed by atoms with van der Waals surface area (Å²) in [5, 5.41) is 11.5. The molecule has 2 rings (SSSR count). The third-order valence-corrected chi connectivity index (χ3v) is 4.41. The van der Waals surface area contributed by atoms with E-state index in [1.165, 1.54) is 6.07 Å². The van der Waals surface area contributed by atoms with E-state index in [1.807, 2.05) is 0 Å². The van der Waals surface area contributed by atoms with Gasteiger partial charge in [0.15, 0.2) is 0 Å². The Labute approximate surface area is 121 Å². The van der Waals surface area contributed by atoms with Crippen LogP contribution in [0, 0.1) is 16.0 Å². The Hall–Kier alpha value is -0.950. The molecule has 7 heteroatoms. The second kappa shape index (κ2) is 5.36. The van der Waals surface area contributed by atoms with Crippen LogP contribution in [-0.4, -0.2) is 22.7 Å². The first-order valence-electron chi connectivity index (χ1n) is 5.33. The van der Waals surface area contributed by atoms with Gasteiger partial charge in [-0.3, -0.25) is 14.9 Å². The standard InChI is InChI=1S/C11H10Br2N2O3/c12-5-7-3-11(16)14(6-7)8-1-2-10(15(17)18)9(13)4-8/h1-2,4,7H,3,5-6H2. The van der Waals surface area contributed by atoms with E-state index in [1.54, 1.807) is 17.0 Å². The molecule has 96 valence electrons. The van der Waals surface area contributed by atoms with Gasteiger partial charge in [0.2, 0.25) is 5.91 Å². The Bertz CT molecular complexity index is 507. The van der Waals surface area contributed by atoms with Crippen molar-refractivity contribution in [3.8, 4) is 0 Å². The third-order valence-electron chi connectivity index (χ3n) is 2.86. The van der Waals surface area contributed by atoms with Crippen molar-refractivity contribution >= 4 is 49.1 Å². The zero-order valence-electron chi connectivity index (χ0n) is 9.31. The summed E-state index contributed by atoms with van der Waals surface area (Å²) in [5.74, 6) is 0.353. The largest absolute Gasteiger partial charge is 0.312 e. The molecule has 1 aromatic rings. The average Bonchev–Trinajstić information content (AvgIpc) is 2.70. The minimum Gasteiger partial charge on any atom is -0.312 e. The van der Waals surface area contributed by atoms with Crippen molar-refractivity contribution in [2.45, 2.75) is 6.42 Å². The highest BCUT2D eigenvalue weighted by molar-refractivity contribution is 9.10. The fourth-order valence-electron chi connectivity index (χ4n) is 1.95. The molecule has 18 heavy (non-hydrogen) atoms. The van der Waals surface area contributed by atoms with Crippen molar-refractivity contribution in [1.29, 1.82) is 0 Å². The van der Waals surface area contributed by atoms with Gasteiger partial charge in [0.25, 0.3) is 5.69 Å². The van der Waals surface area contributed by atoms with E-state index in [0.717, 1.165) is 5.33 Å². The lowest BCUT2D eigenvalue weighted by Crippen LogP contribution is -2.24. The van der Waals surface area contributed by atoms with Crippen LogP contribution in [0.4, 0.5) is 11.4 Å². The average molecular weight is 378 g/mol. The molecule has 5 nitrogen and oxygen atoms in total. The normalized spacial score (nSPS) is 19.3. The first-order valence-corrected chi connectivity index (χ1v) is 7.24. The summed E-state index contributed by atoms with van der Waals surface area (Å²) < 4.78 is 0.389. The molecule has 1 fully saturated rings. The van der Waals surface area contributed by atoms with Gasteiger partial charge in [-0.25, -0.2) is 0 Å². The van der Waals surface area contributed by atoms with Crippen LogP contribution in [0.25, 0.3) is 0 Å². The Morgan fingerprint density at radius 2 is 2.22 bits per heavy atom. The maximum absolute atomic E-state index is 11.8. The minimum atomic E-state index is -0.457. The van der Waals surface area contributed by atoms with Crippen molar-refractivity contribution in [2.24, 2.45) is 5.92 Å². The Kier molecular flexibility index (Phi) is 4.01. The SMILES string of the molecule is O=C1CC(CBr)CN1c1ccc([N+](=O)[O-])c(Br)c1. The van der Waals surface area contributed by atoms with Gasteiger partial charge in [0.05, 0.1) is 9.40 Å². The predicted octanol–water partition coefficient (Wildman–Crippen LogP) is 3.11. The van der Waals surface area contributed by atoms with Crippen LogP contribution in [0.2, 0.25) is 0 Å². The van der Waals surface area contributed by atoms with Crippen molar-refractivity contribution in [2.75, 3.05) is 16.8 Å². The van der Waals surface area contributed by atoms with Gasteiger partial charge in [-0.05, 0) is 34.0 Å². The van der Waals surface area contributed by atoms with Gasteiger partial charge in [-0.1, -0.05) is 15.9 Å². The number of amides is 1. The summed E-state index contributed by atoms with van der Waals surface area (Å²) in [4.78, 5) is 23.7. The van der Waals surface area contributed by atoms with Gasteiger partial charge in [-0.2, -0.15) is 0 Å². The number of nitrogens with zero attached hydrogens (tertiary/aromatic N) is 2. The van der Waals surface area contributed by atoms with Crippen LogP contribution >= 0.6 is 31.9 Å². The monoisotopic (exact) mass is 376 g/mol. The van der Waals surface area contributed by atoms with Crippen LogP contribution in [0.15, 0.2) is 22.7 Å². The number of anilines is 1. The molecular weight excluding hydrogens is 368 g/mol. The summed E-state index contributed by atoms with van der Waals surface area (Å²) in [5.41, 5.74) is 0.698. The number of alkyl halides is 1. The molecule has 1 unspecified atom stereocenters. The quantitative estimate of drug-likeness (QED) is 0.462. The second-order valence-corrected chi connectivity index (χ2v) is 5.62. The van der Waals surface area contributed by atoms with Crippen molar-refractivity contribution in [3.05, 3.63) is 32.8 Å². The molecule has 1 heterocycles. The number of rotatable bonds is 3. The van der Waals surface area contributed by atoms with Gasteiger partial charge < -0.3 is 4.90 Å². The van der Waals surface area contributed by atoms with Crippen LogP contribution in [0.1, 0.15) is 6.42 Å². The van der Waals surface area contributed by atoms with Crippen LogP contribution in [0.3, 0.4) is 0 Å². The molecule has 0 aliphatic carbocycles. The number of hydrogen-bond donors (Lipinski definition) is 0. The summed E-state index contributed by atoms with van der Waals surface area (Å²) in [6.07, 6.45) is 0.514. The number of carbonyl (C=O) groups is 1. The molecule has 1 aromatic carbocycles. The number of hydrogen-bond acceptors (Lipinski definition) is 3. The lowest BCUT2D eigenvalue weighted by Gasteiger charge is -2.16. The molecule has 1 atom stereocenters. The number of halogens is 2. The van der Waals surface area contributed by atoms with Crippen LogP contribution in [0.5, 0.6) is 0 Å². The third kappa shape index (κ3) is 2.56. The zero-order chi connectivity index (χ0) is 13.3. The van der Waals surface area contributed by atoms with Crippen LogP contribution in [-0.2, 0) is 4.79 Å². The molecular formula is C11H10Br2N2O3. The predicted molar refractivity (Wildman–Crippen MR) is 75.1 cm³/mol. The van der Waals surface area contributed by atoms with Gasteiger partial charge in [0.1, 0.15) is 0 Å². The van der Waals surface area contributed by atoms with Crippen molar-refractivity contribution in [3.63, 3.8) is 0 Å². The number of benzene rings is 1. The second-order valence-electron chi connectivity index (χ2n) is 4.12. The fourth-order valence-corrected chi connectivity index (χ4v) is 2.89. The smallest absolute Gasteiger partial charge is 0.283 e.